The Bertz CT molecular complexity index is 634. The summed E-state index contributed by atoms with van der Waals surface area (Å²) in [6, 6.07) is 0. The molecule has 0 saturated carbocycles. The van der Waals surface area contributed by atoms with Gasteiger partial charge in [0.25, 0.3) is 0 Å². The van der Waals surface area contributed by atoms with Crippen LogP contribution < -0.4 is 0 Å². The second kappa shape index (κ2) is 7.06. The molecule has 0 saturated heterocycles. The van der Waals surface area contributed by atoms with Gasteiger partial charge < -0.3 is 4.74 Å². The van der Waals surface area contributed by atoms with Crippen molar-refractivity contribution in [1.29, 1.82) is 0 Å². The fourth-order valence-corrected chi connectivity index (χ4v) is 2.03. The topological polar surface area (TPSA) is 86.2 Å². The van der Waals surface area contributed by atoms with E-state index >= 15 is 0 Å². The van der Waals surface area contributed by atoms with Crippen LogP contribution in [0, 0.1) is 5.41 Å². The number of alkyl halides is 3. The summed E-state index contributed by atoms with van der Waals surface area (Å²) >= 11 is 0. The summed E-state index contributed by atoms with van der Waals surface area (Å²) in [6.45, 7) is 6.10. The quantitative estimate of drug-likeness (QED) is 0.615. The summed E-state index contributed by atoms with van der Waals surface area (Å²) in [5.41, 5.74) is -0.701. The number of carbonyl (C=O) groups excluding carboxylic acids is 3. The first-order valence-electron chi connectivity index (χ1n) is 6.95. The summed E-state index contributed by atoms with van der Waals surface area (Å²) in [6.07, 6.45) is -3.51. The minimum atomic E-state index is -4.70. The highest BCUT2D eigenvalue weighted by Gasteiger charge is 2.38. The largest absolute Gasteiger partial charge is 0.451 e. The molecule has 1 aromatic heterocycles. The van der Waals surface area contributed by atoms with Gasteiger partial charge in [-0.3, -0.25) is 14.4 Å². The number of carbonyl (C=O) groups is 3. The third kappa shape index (κ3) is 5.39. The number of aromatic nitrogens is 2. The molecular formula is C15H17F3N2O4. The number of rotatable bonds is 4. The van der Waals surface area contributed by atoms with Gasteiger partial charge in [0.2, 0.25) is 5.82 Å². The molecule has 1 heterocycles. The van der Waals surface area contributed by atoms with Crippen LogP contribution in [0.15, 0.2) is 12.4 Å². The van der Waals surface area contributed by atoms with Crippen molar-refractivity contribution in [1.82, 2.24) is 9.97 Å². The molecule has 0 spiro atoms. The van der Waals surface area contributed by atoms with Crippen LogP contribution in [0.5, 0.6) is 0 Å². The average molecular weight is 346 g/mol. The Labute approximate surface area is 136 Å². The maximum atomic E-state index is 12.5. The molecule has 0 N–H and O–H groups in total. The zero-order chi connectivity index (χ0) is 18.7. The van der Waals surface area contributed by atoms with Crippen molar-refractivity contribution in [2.75, 3.05) is 0 Å². The number of hydrogen-bond donors (Lipinski definition) is 0. The molecule has 6 nitrogen and oxygen atoms in total. The Kier molecular flexibility index (Phi) is 5.80. The Hall–Kier alpha value is -2.32. The molecule has 1 rings (SSSR count). The van der Waals surface area contributed by atoms with E-state index < -0.39 is 47.5 Å². The highest BCUT2D eigenvalue weighted by molar-refractivity contribution is 5.99. The van der Waals surface area contributed by atoms with Crippen molar-refractivity contribution < 1.29 is 32.3 Å². The van der Waals surface area contributed by atoms with E-state index in [-0.39, 0.29) is 5.56 Å². The van der Waals surface area contributed by atoms with E-state index in [0.717, 1.165) is 19.3 Å². The molecule has 1 unspecified atom stereocenters. The summed E-state index contributed by atoms with van der Waals surface area (Å²) in [4.78, 5) is 41.0. The van der Waals surface area contributed by atoms with E-state index in [4.69, 9.17) is 0 Å². The summed E-state index contributed by atoms with van der Waals surface area (Å²) in [5.74, 6) is -4.87. The summed E-state index contributed by atoms with van der Waals surface area (Å²) in [5, 5.41) is 0. The zero-order valence-electron chi connectivity index (χ0n) is 13.6. The second-order valence-corrected chi connectivity index (χ2v) is 6.31. The number of esters is 2. The van der Waals surface area contributed by atoms with Crippen molar-refractivity contribution in [3.05, 3.63) is 23.8 Å². The third-order valence-electron chi connectivity index (χ3n) is 2.97. The average Bonchev–Trinajstić information content (AvgIpc) is 2.35. The second-order valence-electron chi connectivity index (χ2n) is 6.31. The Morgan fingerprint density at radius 3 is 2.00 bits per heavy atom. The van der Waals surface area contributed by atoms with Gasteiger partial charge in [0.15, 0.2) is 0 Å². The van der Waals surface area contributed by atoms with Crippen molar-refractivity contribution in [3.8, 4) is 0 Å². The van der Waals surface area contributed by atoms with Crippen LogP contribution in [0.2, 0.25) is 0 Å². The summed E-state index contributed by atoms with van der Waals surface area (Å²) in [7, 11) is 0. The lowest BCUT2D eigenvalue weighted by atomic mass is 9.77. The first kappa shape index (κ1) is 19.7. The molecule has 24 heavy (non-hydrogen) atoms. The number of ketones is 1. The predicted molar refractivity (Wildman–Crippen MR) is 75.6 cm³/mol. The van der Waals surface area contributed by atoms with E-state index in [0.29, 0.717) is 0 Å². The fourth-order valence-electron chi connectivity index (χ4n) is 2.03. The van der Waals surface area contributed by atoms with E-state index in [1.165, 1.54) is 0 Å². The maximum absolute atomic E-state index is 12.5. The van der Waals surface area contributed by atoms with Gasteiger partial charge in [-0.05, 0) is 12.3 Å². The van der Waals surface area contributed by atoms with Crippen molar-refractivity contribution >= 4 is 17.7 Å². The van der Waals surface area contributed by atoms with E-state index in [2.05, 4.69) is 14.7 Å². The van der Waals surface area contributed by atoms with E-state index in [1.807, 2.05) is 0 Å². The number of halogens is 3. The molecule has 0 aliphatic carbocycles. The minimum absolute atomic E-state index is 0.0797. The molecule has 0 aliphatic heterocycles. The van der Waals surface area contributed by atoms with Crippen LogP contribution >= 0.6 is 0 Å². The van der Waals surface area contributed by atoms with Gasteiger partial charge in [-0.1, -0.05) is 20.8 Å². The van der Waals surface area contributed by atoms with Gasteiger partial charge in [0.05, 0.1) is 5.92 Å². The lowest BCUT2D eigenvalue weighted by Crippen LogP contribution is -2.30. The molecule has 132 valence electrons. The molecular weight excluding hydrogens is 329 g/mol. The van der Waals surface area contributed by atoms with Crippen molar-refractivity contribution in [3.63, 3.8) is 0 Å². The zero-order valence-corrected chi connectivity index (χ0v) is 13.6. The van der Waals surface area contributed by atoms with Crippen LogP contribution in [0.3, 0.4) is 0 Å². The predicted octanol–water partition coefficient (Wildman–Crippen LogP) is 2.67. The molecule has 9 heteroatoms. The first-order chi connectivity index (χ1) is 10.8. The molecule has 1 aromatic rings. The lowest BCUT2D eigenvalue weighted by Gasteiger charge is -2.28. The Morgan fingerprint density at radius 2 is 1.62 bits per heavy atom. The van der Waals surface area contributed by atoms with Gasteiger partial charge in [0.1, 0.15) is 12.2 Å². The number of ether oxygens (including phenoxy) is 1. The lowest BCUT2D eigenvalue weighted by molar-refractivity contribution is -0.162. The van der Waals surface area contributed by atoms with Crippen molar-refractivity contribution in [2.45, 2.75) is 46.2 Å². The van der Waals surface area contributed by atoms with Crippen LogP contribution in [0.25, 0.3) is 0 Å². The smallest absolute Gasteiger partial charge is 0.392 e. The SMILES string of the molecule is CC(=O)CC(=O)OC(=O)C(c1cnc(C(F)(F)F)nc1)C(C)(C)C. The number of Topliss-reactive ketones (excluding diaryl/α,β-unsaturated/α-hetero) is 1. The molecule has 0 aromatic carbocycles. The number of nitrogens with zero attached hydrogens (tertiary/aromatic N) is 2. The molecule has 0 fully saturated rings. The monoisotopic (exact) mass is 346 g/mol. The molecule has 0 radical (unpaired) electrons. The van der Waals surface area contributed by atoms with Gasteiger partial charge in [-0.15, -0.1) is 0 Å². The van der Waals surface area contributed by atoms with Crippen LogP contribution in [0.4, 0.5) is 13.2 Å². The van der Waals surface area contributed by atoms with Crippen LogP contribution in [-0.4, -0.2) is 27.7 Å². The van der Waals surface area contributed by atoms with E-state index in [1.54, 1.807) is 20.8 Å². The van der Waals surface area contributed by atoms with E-state index in [9.17, 15) is 27.6 Å². The molecule has 0 amide bonds. The van der Waals surface area contributed by atoms with Crippen LogP contribution in [-0.2, 0) is 25.3 Å². The van der Waals surface area contributed by atoms with Gasteiger partial charge >= 0.3 is 18.1 Å². The standard InChI is InChI=1S/C15H17F3N2O4/c1-8(21)5-10(22)24-12(23)11(14(2,3)4)9-6-19-13(20-7-9)15(16,17)18/h6-7,11H,5H2,1-4H3. The van der Waals surface area contributed by atoms with Gasteiger partial charge in [-0.25, -0.2) is 9.97 Å². The molecule has 0 aliphatic rings. The first-order valence-corrected chi connectivity index (χ1v) is 6.95. The normalized spacial score (nSPS) is 13.3. The number of hydrogen-bond acceptors (Lipinski definition) is 6. The fraction of sp³-hybridized carbons (Fsp3) is 0.533. The third-order valence-corrected chi connectivity index (χ3v) is 2.97. The molecule has 1 atom stereocenters. The van der Waals surface area contributed by atoms with Gasteiger partial charge in [-0.2, -0.15) is 13.2 Å². The summed E-state index contributed by atoms with van der Waals surface area (Å²) < 4.78 is 42.2. The Morgan fingerprint density at radius 1 is 1.12 bits per heavy atom. The van der Waals surface area contributed by atoms with Gasteiger partial charge in [0, 0.05) is 18.0 Å². The highest BCUT2D eigenvalue weighted by atomic mass is 19.4. The Balaban J connectivity index is 3.08. The maximum Gasteiger partial charge on any atom is 0.451 e. The van der Waals surface area contributed by atoms with Crippen molar-refractivity contribution in [2.24, 2.45) is 5.41 Å². The molecule has 0 bridgehead atoms. The van der Waals surface area contributed by atoms with Crippen LogP contribution in [0.1, 0.15) is 51.4 Å². The minimum Gasteiger partial charge on any atom is -0.392 e. The highest BCUT2D eigenvalue weighted by Crippen LogP contribution is 2.36.